The molecular weight excluding hydrogens is 386 g/mol. The second-order valence-corrected chi connectivity index (χ2v) is 7.34. The van der Waals surface area contributed by atoms with Crippen molar-refractivity contribution in [1.29, 1.82) is 0 Å². The lowest BCUT2D eigenvalue weighted by Crippen LogP contribution is -2.30. The lowest BCUT2D eigenvalue weighted by molar-refractivity contribution is -0.384. The van der Waals surface area contributed by atoms with Gasteiger partial charge < -0.3 is 14.3 Å². The number of nitro benzene ring substituents is 1. The third-order valence-corrected chi connectivity index (χ3v) is 5.42. The topological polar surface area (TPSA) is 106 Å². The molecular formula is C21H23N5O4. The first-order valence-corrected chi connectivity index (χ1v) is 9.86. The zero-order chi connectivity index (χ0) is 21.1. The molecule has 30 heavy (non-hydrogen) atoms. The lowest BCUT2D eigenvalue weighted by atomic mass is 10.1. The summed E-state index contributed by atoms with van der Waals surface area (Å²) in [5.41, 5.74) is 0.450. The summed E-state index contributed by atoms with van der Waals surface area (Å²) < 4.78 is 7.20. The van der Waals surface area contributed by atoms with Crippen LogP contribution in [0.5, 0.6) is 0 Å². The van der Waals surface area contributed by atoms with Crippen LogP contribution < -0.4 is 5.32 Å². The van der Waals surface area contributed by atoms with E-state index in [0.717, 1.165) is 31.7 Å². The van der Waals surface area contributed by atoms with E-state index in [0.29, 0.717) is 12.2 Å². The van der Waals surface area contributed by atoms with Crippen molar-refractivity contribution in [3.63, 3.8) is 0 Å². The molecule has 0 bridgehead atoms. The van der Waals surface area contributed by atoms with Crippen molar-refractivity contribution in [1.82, 2.24) is 14.5 Å². The van der Waals surface area contributed by atoms with E-state index in [1.807, 2.05) is 12.1 Å². The number of furan rings is 1. The summed E-state index contributed by atoms with van der Waals surface area (Å²) in [5.74, 6) is 0.702. The van der Waals surface area contributed by atoms with Crippen molar-refractivity contribution in [3.05, 3.63) is 76.3 Å². The summed E-state index contributed by atoms with van der Waals surface area (Å²) in [7, 11) is 1.71. The Morgan fingerprint density at radius 3 is 2.77 bits per heavy atom. The van der Waals surface area contributed by atoms with Gasteiger partial charge in [0.15, 0.2) is 5.82 Å². The first kappa shape index (κ1) is 19.8. The van der Waals surface area contributed by atoms with Crippen molar-refractivity contribution in [2.45, 2.75) is 18.9 Å². The summed E-state index contributed by atoms with van der Waals surface area (Å²) in [6.45, 7) is 2.39. The SMILES string of the molecule is Cn1ccnc1C(=O)c1ccc(NCC(c2ccco2)N2CCCC2)c([N+](=O)[O-])c1. The fourth-order valence-electron chi connectivity index (χ4n) is 3.84. The summed E-state index contributed by atoms with van der Waals surface area (Å²) >= 11 is 0. The molecule has 0 aliphatic carbocycles. The number of rotatable bonds is 8. The van der Waals surface area contributed by atoms with E-state index < -0.39 is 4.92 Å². The molecule has 3 heterocycles. The Balaban J connectivity index is 1.57. The molecule has 156 valence electrons. The van der Waals surface area contributed by atoms with Crippen molar-refractivity contribution < 1.29 is 14.1 Å². The highest BCUT2D eigenvalue weighted by atomic mass is 16.6. The number of imidazole rings is 1. The molecule has 1 saturated heterocycles. The Bertz CT molecular complexity index is 1040. The van der Waals surface area contributed by atoms with Gasteiger partial charge in [-0.1, -0.05) is 0 Å². The van der Waals surface area contributed by atoms with Crippen molar-refractivity contribution >= 4 is 17.2 Å². The van der Waals surface area contributed by atoms with Gasteiger partial charge >= 0.3 is 0 Å². The third kappa shape index (κ3) is 3.97. The van der Waals surface area contributed by atoms with E-state index >= 15 is 0 Å². The van der Waals surface area contributed by atoms with E-state index in [1.165, 1.54) is 12.3 Å². The molecule has 0 radical (unpaired) electrons. The van der Waals surface area contributed by atoms with Gasteiger partial charge in [0.05, 0.1) is 17.2 Å². The van der Waals surface area contributed by atoms with Crippen LogP contribution in [-0.2, 0) is 7.05 Å². The van der Waals surface area contributed by atoms with Crippen LogP contribution in [0.1, 0.15) is 40.8 Å². The molecule has 1 fully saturated rings. The quantitative estimate of drug-likeness (QED) is 0.345. The molecule has 2 aromatic heterocycles. The molecule has 1 unspecified atom stereocenters. The number of nitrogens with zero attached hydrogens (tertiary/aromatic N) is 4. The Hall–Kier alpha value is -3.46. The Morgan fingerprint density at radius 1 is 1.33 bits per heavy atom. The van der Waals surface area contributed by atoms with Gasteiger partial charge in [-0.2, -0.15) is 0 Å². The van der Waals surface area contributed by atoms with Crippen LogP contribution in [0, 0.1) is 10.1 Å². The second kappa shape index (κ2) is 8.50. The zero-order valence-electron chi connectivity index (χ0n) is 16.7. The monoisotopic (exact) mass is 409 g/mol. The number of hydrogen-bond acceptors (Lipinski definition) is 7. The van der Waals surface area contributed by atoms with E-state index in [-0.39, 0.29) is 28.9 Å². The average molecular weight is 409 g/mol. The van der Waals surface area contributed by atoms with Crippen LogP contribution in [0.2, 0.25) is 0 Å². The largest absolute Gasteiger partial charge is 0.468 e. The Kier molecular flexibility index (Phi) is 5.62. The lowest BCUT2D eigenvalue weighted by Gasteiger charge is -2.26. The van der Waals surface area contributed by atoms with E-state index in [9.17, 15) is 14.9 Å². The predicted octanol–water partition coefficient (Wildman–Crippen LogP) is 3.40. The maximum absolute atomic E-state index is 12.7. The van der Waals surface area contributed by atoms with Crippen LogP contribution in [0.15, 0.2) is 53.4 Å². The number of ketones is 1. The molecule has 9 nitrogen and oxygen atoms in total. The molecule has 0 amide bonds. The number of likely N-dealkylation sites (tertiary alicyclic amines) is 1. The maximum atomic E-state index is 12.7. The molecule has 1 atom stereocenters. The first-order valence-electron chi connectivity index (χ1n) is 9.86. The van der Waals surface area contributed by atoms with Gasteiger partial charge in [-0.25, -0.2) is 4.98 Å². The minimum atomic E-state index is -0.477. The molecule has 4 rings (SSSR count). The van der Waals surface area contributed by atoms with Gasteiger partial charge in [0.2, 0.25) is 5.78 Å². The van der Waals surface area contributed by atoms with Crippen LogP contribution >= 0.6 is 0 Å². The van der Waals surface area contributed by atoms with Crippen molar-refractivity contribution in [2.75, 3.05) is 25.0 Å². The molecule has 0 saturated carbocycles. The predicted molar refractivity (Wildman–Crippen MR) is 110 cm³/mol. The first-order chi connectivity index (χ1) is 14.5. The fraction of sp³-hybridized carbons (Fsp3) is 0.333. The Morgan fingerprint density at radius 2 is 2.13 bits per heavy atom. The van der Waals surface area contributed by atoms with Gasteiger partial charge in [0, 0.05) is 37.6 Å². The van der Waals surface area contributed by atoms with Gasteiger partial charge in [-0.3, -0.25) is 19.8 Å². The summed E-state index contributed by atoms with van der Waals surface area (Å²) in [6.07, 6.45) is 7.07. The number of carbonyl (C=O) groups excluding carboxylic acids is 1. The molecule has 1 aliphatic heterocycles. The van der Waals surface area contributed by atoms with Crippen LogP contribution in [-0.4, -0.2) is 44.8 Å². The molecule has 1 aliphatic rings. The fourth-order valence-corrected chi connectivity index (χ4v) is 3.84. The normalized spacial score (nSPS) is 15.2. The van der Waals surface area contributed by atoms with Gasteiger partial charge in [-0.05, 0) is 50.2 Å². The van der Waals surface area contributed by atoms with Crippen LogP contribution in [0.25, 0.3) is 0 Å². The van der Waals surface area contributed by atoms with E-state index in [2.05, 4.69) is 15.2 Å². The van der Waals surface area contributed by atoms with E-state index in [4.69, 9.17) is 4.42 Å². The number of carbonyl (C=O) groups is 1. The second-order valence-electron chi connectivity index (χ2n) is 7.34. The van der Waals surface area contributed by atoms with Crippen LogP contribution in [0.4, 0.5) is 11.4 Å². The Labute approximate surface area is 173 Å². The summed E-state index contributed by atoms with van der Waals surface area (Å²) in [4.78, 5) is 30.2. The minimum Gasteiger partial charge on any atom is -0.468 e. The highest BCUT2D eigenvalue weighted by Gasteiger charge is 2.27. The van der Waals surface area contributed by atoms with Gasteiger partial charge in [-0.15, -0.1) is 0 Å². The number of nitrogens with one attached hydrogen (secondary N) is 1. The van der Waals surface area contributed by atoms with Gasteiger partial charge in [0.1, 0.15) is 11.4 Å². The molecule has 0 spiro atoms. The smallest absolute Gasteiger partial charge is 0.293 e. The number of benzene rings is 1. The summed E-state index contributed by atoms with van der Waals surface area (Å²) in [5, 5.41) is 14.9. The number of aryl methyl sites for hydroxylation is 1. The summed E-state index contributed by atoms with van der Waals surface area (Å²) in [6, 6.07) is 8.22. The van der Waals surface area contributed by atoms with Crippen LogP contribution in [0.3, 0.4) is 0 Å². The highest BCUT2D eigenvalue weighted by molar-refractivity contribution is 6.07. The minimum absolute atomic E-state index is 0.0176. The van der Waals surface area contributed by atoms with Crippen molar-refractivity contribution in [2.24, 2.45) is 7.05 Å². The molecule has 9 heteroatoms. The highest BCUT2D eigenvalue weighted by Crippen LogP contribution is 2.30. The number of nitro groups is 1. The standard InChI is InChI=1S/C21H23N5O4/c1-24-11-8-22-21(24)20(27)15-6-7-16(17(13-15)26(28)29)23-14-18(19-5-4-12-30-19)25-9-2-3-10-25/h4-8,11-13,18,23H,2-3,9-10,14H2,1H3. The van der Waals surface area contributed by atoms with Gasteiger partial charge in [0.25, 0.3) is 5.69 Å². The number of hydrogen-bond donors (Lipinski definition) is 1. The van der Waals surface area contributed by atoms with Crippen molar-refractivity contribution in [3.8, 4) is 0 Å². The number of anilines is 1. The molecule has 1 aromatic carbocycles. The average Bonchev–Trinajstić information content (AvgIpc) is 3.51. The maximum Gasteiger partial charge on any atom is 0.293 e. The molecule has 3 aromatic rings. The third-order valence-electron chi connectivity index (χ3n) is 5.42. The zero-order valence-corrected chi connectivity index (χ0v) is 16.7. The number of aromatic nitrogens is 2. The molecule has 1 N–H and O–H groups in total. The van der Waals surface area contributed by atoms with E-state index in [1.54, 1.807) is 36.2 Å².